The van der Waals surface area contributed by atoms with Crippen molar-refractivity contribution in [3.63, 3.8) is 0 Å². The fourth-order valence-electron chi connectivity index (χ4n) is 1.80. The van der Waals surface area contributed by atoms with E-state index in [1.807, 2.05) is 36.6 Å². The molecule has 2 aromatic rings. The maximum absolute atomic E-state index is 12.0. The second-order valence-electron chi connectivity index (χ2n) is 4.18. The van der Waals surface area contributed by atoms with Gasteiger partial charge in [-0.05, 0) is 11.8 Å². The number of nitrogens with zero attached hydrogens (tertiary/aromatic N) is 2. The van der Waals surface area contributed by atoms with Crippen molar-refractivity contribution in [3.8, 4) is 0 Å². The molecule has 6 nitrogen and oxygen atoms in total. The van der Waals surface area contributed by atoms with Crippen molar-refractivity contribution in [1.29, 1.82) is 0 Å². The first-order valence-electron chi connectivity index (χ1n) is 6.22. The molecule has 0 amide bonds. The Morgan fingerprint density at radius 3 is 2.67 bits per heavy atom. The largest absolute Gasteiger partial charge is 0.467 e. The molecule has 0 fully saturated rings. The van der Waals surface area contributed by atoms with Gasteiger partial charge in [0.15, 0.2) is 11.2 Å². The Morgan fingerprint density at radius 2 is 2.05 bits per heavy atom. The van der Waals surface area contributed by atoms with Crippen LogP contribution in [-0.4, -0.2) is 29.3 Å². The summed E-state index contributed by atoms with van der Waals surface area (Å²) < 4.78 is 4.84. The predicted molar refractivity (Wildman–Crippen MR) is 83.0 cm³/mol. The van der Waals surface area contributed by atoms with Gasteiger partial charge in [-0.1, -0.05) is 42.1 Å². The molecule has 110 valence electrons. The average Bonchev–Trinajstić information content (AvgIpc) is 2.52. The van der Waals surface area contributed by atoms with E-state index >= 15 is 0 Å². The van der Waals surface area contributed by atoms with Gasteiger partial charge in [0.25, 0.3) is 0 Å². The lowest BCUT2D eigenvalue weighted by molar-refractivity contribution is -0.141. The number of benzene rings is 1. The van der Waals surface area contributed by atoms with Crippen molar-refractivity contribution < 1.29 is 9.53 Å². The Hall–Kier alpha value is -2.28. The number of anilines is 2. The molecule has 1 unspecified atom stereocenters. The van der Waals surface area contributed by atoms with E-state index < -0.39 is 12.0 Å². The molecule has 1 aromatic heterocycles. The number of aromatic nitrogens is 2. The molecular formula is C14H16N4O2S. The molecule has 1 aromatic carbocycles. The number of thioether (sulfide) groups is 1. The summed E-state index contributed by atoms with van der Waals surface area (Å²) in [6.07, 6.45) is 1.85. The van der Waals surface area contributed by atoms with Gasteiger partial charge in [-0.25, -0.2) is 14.8 Å². The second kappa shape index (κ2) is 6.94. The monoisotopic (exact) mass is 304 g/mol. The maximum atomic E-state index is 12.0. The molecule has 1 heterocycles. The number of nitrogens with one attached hydrogen (secondary N) is 1. The van der Waals surface area contributed by atoms with Crippen molar-refractivity contribution in [2.75, 3.05) is 24.4 Å². The van der Waals surface area contributed by atoms with E-state index in [9.17, 15) is 4.79 Å². The lowest BCUT2D eigenvalue weighted by atomic mass is 10.1. The van der Waals surface area contributed by atoms with E-state index in [2.05, 4.69) is 15.3 Å². The molecule has 2 rings (SSSR count). The maximum Gasteiger partial charge on any atom is 0.333 e. The molecule has 0 aliphatic rings. The molecule has 0 saturated carbocycles. The molecular weight excluding hydrogens is 288 g/mol. The fraction of sp³-hybridized carbons (Fsp3) is 0.214. The quantitative estimate of drug-likeness (QED) is 0.496. The van der Waals surface area contributed by atoms with Crippen LogP contribution in [0.15, 0.2) is 41.6 Å². The zero-order valence-electron chi connectivity index (χ0n) is 11.7. The molecule has 0 radical (unpaired) electrons. The number of hydrogen-bond acceptors (Lipinski definition) is 7. The number of hydrogen-bond donors (Lipinski definition) is 2. The van der Waals surface area contributed by atoms with Crippen LogP contribution in [0.3, 0.4) is 0 Å². The summed E-state index contributed by atoms with van der Waals surface area (Å²) in [5.74, 6) is 0.420. The van der Waals surface area contributed by atoms with Gasteiger partial charge in [0.1, 0.15) is 11.6 Å². The van der Waals surface area contributed by atoms with Gasteiger partial charge < -0.3 is 15.8 Å². The third-order valence-electron chi connectivity index (χ3n) is 2.77. The second-order valence-corrected chi connectivity index (χ2v) is 4.95. The Morgan fingerprint density at radius 1 is 1.33 bits per heavy atom. The molecule has 7 heteroatoms. The number of carbonyl (C=O) groups excluding carboxylic acids is 1. The number of carbonyl (C=O) groups is 1. The normalized spacial score (nSPS) is 11.7. The number of esters is 1. The first-order valence-corrected chi connectivity index (χ1v) is 7.44. The summed E-state index contributed by atoms with van der Waals surface area (Å²) in [6.45, 7) is 0. The van der Waals surface area contributed by atoms with Crippen LogP contribution in [0, 0.1) is 0 Å². The molecule has 0 spiro atoms. The van der Waals surface area contributed by atoms with Crippen molar-refractivity contribution in [3.05, 3.63) is 42.0 Å². The van der Waals surface area contributed by atoms with E-state index in [1.165, 1.54) is 18.9 Å². The minimum absolute atomic E-state index is 0.341. The highest BCUT2D eigenvalue weighted by molar-refractivity contribution is 7.98. The standard InChI is InChI=1S/C14H16N4O2S/c1-20-13(19)12(9-6-4-3-5-7-9)17-11-8-10(15)16-14(18-11)21-2/h3-8,12H,1-2H3,(H3,15,16,17,18). The third-order valence-corrected chi connectivity index (χ3v) is 3.32. The van der Waals surface area contributed by atoms with Gasteiger partial charge in [0.2, 0.25) is 0 Å². The number of nitrogen functional groups attached to an aromatic ring is 1. The minimum atomic E-state index is -0.653. The van der Waals surface area contributed by atoms with Crippen LogP contribution in [-0.2, 0) is 9.53 Å². The van der Waals surface area contributed by atoms with Gasteiger partial charge in [0.05, 0.1) is 7.11 Å². The number of methoxy groups -OCH3 is 1. The zero-order chi connectivity index (χ0) is 15.2. The molecule has 0 aliphatic heterocycles. The minimum Gasteiger partial charge on any atom is -0.467 e. The molecule has 3 N–H and O–H groups in total. The van der Waals surface area contributed by atoms with E-state index in [0.29, 0.717) is 16.8 Å². The summed E-state index contributed by atoms with van der Waals surface area (Å²) in [7, 11) is 1.35. The van der Waals surface area contributed by atoms with Crippen LogP contribution in [0.5, 0.6) is 0 Å². The molecule has 0 aliphatic carbocycles. The van der Waals surface area contributed by atoms with Crippen molar-refractivity contribution in [2.45, 2.75) is 11.2 Å². The highest BCUT2D eigenvalue weighted by Gasteiger charge is 2.21. The number of rotatable bonds is 5. The van der Waals surface area contributed by atoms with E-state index in [4.69, 9.17) is 10.5 Å². The molecule has 0 bridgehead atoms. The van der Waals surface area contributed by atoms with E-state index in [1.54, 1.807) is 6.07 Å². The summed E-state index contributed by atoms with van der Waals surface area (Å²) in [4.78, 5) is 20.3. The summed E-state index contributed by atoms with van der Waals surface area (Å²) in [6, 6.07) is 10.2. The summed E-state index contributed by atoms with van der Waals surface area (Å²) in [5, 5.41) is 3.58. The number of nitrogens with two attached hydrogens (primary N) is 1. The van der Waals surface area contributed by atoms with Crippen molar-refractivity contribution in [1.82, 2.24) is 9.97 Å². The van der Waals surface area contributed by atoms with Crippen LogP contribution in [0.4, 0.5) is 11.6 Å². The van der Waals surface area contributed by atoms with E-state index in [0.717, 1.165) is 5.56 Å². The topological polar surface area (TPSA) is 90.1 Å². The zero-order valence-corrected chi connectivity index (χ0v) is 12.6. The van der Waals surface area contributed by atoms with Crippen LogP contribution in [0.2, 0.25) is 0 Å². The van der Waals surface area contributed by atoms with Crippen LogP contribution in [0.25, 0.3) is 0 Å². The number of ether oxygens (including phenoxy) is 1. The lowest BCUT2D eigenvalue weighted by Gasteiger charge is -2.17. The smallest absolute Gasteiger partial charge is 0.333 e. The van der Waals surface area contributed by atoms with Crippen LogP contribution >= 0.6 is 11.8 Å². The van der Waals surface area contributed by atoms with Crippen LogP contribution in [0.1, 0.15) is 11.6 Å². The Bertz CT molecular complexity index is 622. The first kappa shape index (κ1) is 15.1. The first-order chi connectivity index (χ1) is 10.1. The predicted octanol–water partition coefficient (Wildman–Crippen LogP) is 2.11. The Labute approximate surface area is 127 Å². The Balaban J connectivity index is 2.31. The summed E-state index contributed by atoms with van der Waals surface area (Å²) in [5.41, 5.74) is 6.52. The van der Waals surface area contributed by atoms with Gasteiger partial charge in [-0.3, -0.25) is 0 Å². The van der Waals surface area contributed by atoms with Gasteiger partial charge in [-0.15, -0.1) is 0 Å². The lowest BCUT2D eigenvalue weighted by Crippen LogP contribution is -2.23. The highest BCUT2D eigenvalue weighted by Crippen LogP contribution is 2.22. The highest BCUT2D eigenvalue weighted by atomic mass is 32.2. The average molecular weight is 304 g/mol. The van der Waals surface area contributed by atoms with Crippen LogP contribution < -0.4 is 11.1 Å². The molecule has 1 atom stereocenters. The molecule has 21 heavy (non-hydrogen) atoms. The SMILES string of the molecule is COC(=O)C(Nc1cc(N)nc(SC)n1)c1ccccc1. The Kier molecular flexibility index (Phi) is 4.99. The molecule has 0 saturated heterocycles. The van der Waals surface area contributed by atoms with Gasteiger partial charge in [0, 0.05) is 6.07 Å². The van der Waals surface area contributed by atoms with E-state index in [-0.39, 0.29) is 0 Å². The van der Waals surface area contributed by atoms with Crippen molar-refractivity contribution in [2.24, 2.45) is 0 Å². The van der Waals surface area contributed by atoms with Gasteiger partial charge in [-0.2, -0.15) is 0 Å². The third kappa shape index (κ3) is 3.85. The summed E-state index contributed by atoms with van der Waals surface area (Å²) >= 11 is 1.38. The van der Waals surface area contributed by atoms with Crippen molar-refractivity contribution >= 4 is 29.4 Å². The van der Waals surface area contributed by atoms with Gasteiger partial charge >= 0.3 is 5.97 Å². The fourth-order valence-corrected chi connectivity index (χ4v) is 2.18.